The Labute approximate surface area is 204 Å². The number of carbonyl (C=O) groups excluding carboxylic acids is 1. The molecule has 0 aliphatic rings. The van der Waals surface area contributed by atoms with Gasteiger partial charge in [0, 0.05) is 6.61 Å². The van der Waals surface area contributed by atoms with Gasteiger partial charge in [0.05, 0.1) is 27.0 Å². The first kappa shape index (κ1) is 25.6. The quantitative estimate of drug-likeness (QED) is 0.358. The molecule has 3 rings (SSSR count). The summed E-state index contributed by atoms with van der Waals surface area (Å²) in [5.41, 5.74) is 1.01. The zero-order valence-electron chi connectivity index (χ0n) is 18.6. The standard InChI is InChI=1S/C20H22ClN3O8S2/c1-10-14(21)20(32-23-10)24-34(27,28)13-6-8-33-18(13)19(26)22-15-11(5-7-25)9-12(29-2)16(30-3)17(15)31-4/h6,8-9,24-25H,5,7H2,1-4H3,(H,22,26). The number of carbonyl (C=O) groups is 1. The highest BCUT2D eigenvalue weighted by Gasteiger charge is 2.29. The third-order valence-corrected chi connectivity index (χ3v) is 7.54. The number of methoxy groups -OCH3 is 3. The molecule has 2 heterocycles. The van der Waals surface area contributed by atoms with Crippen molar-refractivity contribution in [2.75, 3.05) is 38.0 Å². The van der Waals surface area contributed by atoms with Crippen LogP contribution in [0.15, 0.2) is 26.9 Å². The van der Waals surface area contributed by atoms with E-state index in [2.05, 4.69) is 15.2 Å². The summed E-state index contributed by atoms with van der Waals surface area (Å²) in [6.07, 6.45) is 0.160. The number of rotatable bonds is 10. The molecule has 184 valence electrons. The van der Waals surface area contributed by atoms with E-state index in [1.54, 1.807) is 13.0 Å². The van der Waals surface area contributed by atoms with Crippen LogP contribution in [0.2, 0.25) is 5.02 Å². The molecule has 11 nitrogen and oxygen atoms in total. The second kappa shape index (κ2) is 10.5. The van der Waals surface area contributed by atoms with Gasteiger partial charge >= 0.3 is 0 Å². The minimum Gasteiger partial charge on any atom is -0.493 e. The number of nitrogens with zero attached hydrogens (tertiary/aromatic N) is 1. The highest BCUT2D eigenvalue weighted by molar-refractivity contribution is 7.93. The summed E-state index contributed by atoms with van der Waals surface area (Å²) in [6, 6.07) is 2.87. The number of aliphatic hydroxyl groups excluding tert-OH is 1. The zero-order valence-corrected chi connectivity index (χ0v) is 21.0. The van der Waals surface area contributed by atoms with E-state index in [-0.39, 0.29) is 50.9 Å². The van der Waals surface area contributed by atoms with Crippen LogP contribution in [0.3, 0.4) is 0 Å². The number of aryl methyl sites for hydroxylation is 1. The number of nitrogens with one attached hydrogen (secondary N) is 2. The van der Waals surface area contributed by atoms with Crippen LogP contribution >= 0.6 is 22.9 Å². The lowest BCUT2D eigenvalue weighted by Gasteiger charge is -2.20. The summed E-state index contributed by atoms with van der Waals surface area (Å²) in [5, 5.41) is 17.2. The number of amides is 1. The summed E-state index contributed by atoms with van der Waals surface area (Å²) in [7, 11) is -0.0153. The Morgan fingerprint density at radius 1 is 1.24 bits per heavy atom. The first-order valence-corrected chi connectivity index (χ1v) is 12.4. The van der Waals surface area contributed by atoms with Gasteiger partial charge in [0.15, 0.2) is 11.5 Å². The smallest absolute Gasteiger partial charge is 0.267 e. The highest BCUT2D eigenvalue weighted by atomic mass is 35.5. The summed E-state index contributed by atoms with van der Waals surface area (Å²) in [6.45, 7) is 1.33. The van der Waals surface area contributed by atoms with Crippen LogP contribution in [0.25, 0.3) is 0 Å². The SMILES string of the molecule is COc1cc(CCO)c(NC(=O)c2sccc2S(=O)(=O)Nc2onc(C)c2Cl)c(OC)c1OC. The van der Waals surface area contributed by atoms with Gasteiger partial charge in [-0.15, -0.1) is 11.3 Å². The van der Waals surface area contributed by atoms with Crippen LogP contribution < -0.4 is 24.2 Å². The molecule has 1 amide bonds. The van der Waals surface area contributed by atoms with Crippen molar-refractivity contribution < 1.29 is 37.1 Å². The Morgan fingerprint density at radius 3 is 2.50 bits per heavy atom. The van der Waals surface area contributed by atoms with Crippen molar-refractivity contribution >= 4 is 50.4 Å². The van der Waals surface area contributed by atoms with Gasteiger partial charge in [-0.3, -0.25) is 4.79 Å². The maximum atomic E-state index is 13.2. The van der Waals surface area contributed by atoms with E-state index in [1.807, 2.05) is 0 Å². The van der Waals surface area contributed by atoms with Gasteiger partial charge in [0.25, 0.3) is 21.8 Å². The summed E-state index contributed by atoms with van der Waals surface area (Å²) in [5.74, 6) is -0.272. The lowest BCUT2D eigenvalue weighted by atomic mass is 10.1. The molecule has 0 saturated carbocycles. The number of sulfonamides is 1. The number of hydrogen-bond acceptors (Lipinski definition) is 10. The molecule has 0 spiro atoms. The number of halogens is 1. The van der Waals surface area contributed by atoms with E-state index in [0.717, 1.165) is 11.3 Å². The lowest BCUT2D eigenvalue weighted by molar-refractivity contribution is 0.102. The van der Waals surface area contributed by atoms with Gasteiger partial charge < -0.3 is 29.2 Å². The van der Waals surface area contributed by atoms with Gasteiger partial charge in [0.2, 0.25) is 5.75 Å². The molecule has 1 aromatic carbocycles. The topological polar surface area (TPSA) is 149 Å². The zero-order chi connectivity index (χ0) is 25.0. The van der Waals surface area contributed by atoms with Crippen molar-refractivity contribution in [1.82, 2.24) is 5.16 Å². The summed E-state index contributed by atoms with van der Waals surface area (Å²) >= 11 is 6.92. The van der Waals surface area contributed by atoms with Gasteiger partial charge in [-0.05, 0) is 36.4 Å². The monoisotopic (exact) mass is 531 g/mol. The average Bonchev–Trinajstić information content (AvgIpc) is 3.43. The molecule has 0 saturated heterocycles. The van der Waals surface area contributed by atoms with Crippen molar-refractivity contribution in [3.8, 4) is 17.2 Å². The molecule has 0 fully saturated rings. The fourth-order valence-corrected chi connectivity index (χ4v) is 5.60. The van der Waals surface area contributed by atoms with Gasteiger partial charge in [-0.2, -0.15) is 0 Å². The first-order valence-electron chi connectivity index (χ1n) is 9.64. The van der Waals surface area contributed by atoms with Gasteiger partial charge in [-0.1, -0.05) is 16.8 Å². The average molecular weight is 532 g/mol. The molecule has 0 aliphatic heterocycles. The molecule has 34 heavy (non-hydrogen) atoms. The molecule has 0 aliphatic carbocycles. The number of aromatic nitrogens is 1. The fraction of sp³-hybridized carbons (Fsp3) is 0.300. The van der Waals surface area contributed by atoms with Gasteiger partial charge in [-0.25, -0.2) is 13.1 Å². The van der Waals surface area contributed by atoms with E-state index in [0.29, 0.717) is 17.0 Å². The van der Waals surface area contributed by atoms with E-state index in [4.69, 9.17) is 30.3 Å². The predicted molar refractivity (Wildman–Crippen MR) is 126 cm³/mol. The number of anilines is 2. The Morgan fingerprint density at radius 2 is 1.94 bits per heavy atom. The molecule has 3 aromatic rings. The Kier molecular flexibility index (Phi) is 7.92. The summed E-state index contributed by atoms with van der Waals surface area (Å²) < 4.78 is 49.1. The highest BCUT2D eigenvalue weighted by Crippen LogP contribution is 2.45. The van der Waals surface area contributed by atoms with Crippen LogP contribution in [0.5, 0.6) is 17.2 Å². The van der Waals surface area contributed by atoms with E-state index in [1.165, 1.54) is 32.8 Å². The second-order valence-electron chi connectivity index (χ2n) is 6.74. The molecule has 2 aromatic heterocycles. The molecule has 3 N–H and O–H groups in total. The van der Waals surface area contributed by atoms with Gasteiger partial charge in [0.1, 0.15) is 20.5 Å². The number of ether oxygens (including phenoxy) is 3. The first-order chi connectivity index (χ1) is 16.2. The van der Waals surface area contributed by atoms with Crippen molar-refractivity contribution in [2.45, 2.75) is 18.2 Å². The molecule has 0 radical (unpaired) electrons. The second-order valence-corrected chi connectivity index (χ2v) is 9.68. The maximum Gasteiger partial charge on any atom is 0.267 e. The molecule has 0 atom stereocenters. The Balaban J connectivity index is 2.01. The van der Waals surface area contributed by atoms with Crippen molar-refractivity contribution in [1.29, 1.82) is 0 Å². The third-order valence-electron chi connectivity index (χ3n) is 4.67. The summed E-state index contributed by atoms with van der Waals surface area (Å²) in [4.78, 5) is 12.8. The van der Waals surface area contributed by atoms with Crippen LogP contribution in [0.4, 0.5) is 11.6 Å². The number of benzene rings is 1. The predicted octanol–water partition coefficient (Wildman–Crippen LogP) is 3.31. The largest absolute Gasteiger partial charge is 0.493 e. The molecular weight excluding hydrogens is 510 g/mol. The molecule has 14 heteroatoms. The number of aliphatic hydroxyl groups is 1. The minimum absolute atomic E-state index is 0.00788. The van der Waals surface area contributed by atoms with Crippen molar-refractivity contribution in [2.24, 2.45) is 0 Å². The number of thiophene rings is 1. The van der Waals surface area contributed by atoms with Crippen LogP contribution in [0, 0.1) is 6.92 Å². The normalized spacial score (nSPS) is 11.2. The maximum absolute atomic E-state index is 13.2. The fourth-order valence-electron chi connectivity index (χ4n) is 3.11. The van der Waals surface area contributed by atoms with E-state index >= 15 is 0 Å². The van der Waals surface area contributed by atoms with Crippen LogP contribution in [-0.2, 0) is 16.4 Å². The molecule has 0 bridgehead atoms. The van der Waals surface area contributed by atoms with Crippen molar-refractivity contribution in [3.63, 3.8) is 0 Å². The van der Waals surface area contributed by atoms with Crippen molar-refractivity contribution in [3.05, 3.63) is 38.7 Å². The Bertz CT molecular complexity index is 1300. The minimum atomic E-state index is -4.24. The van der Waals surface area contributed by atoms with E-state index in [9.17, 15) is 18.3 Å². The van der Waals surface area contributed by atoms with Crippen LogP contribution in [0.1, 0.15) is 20.9 Å². The van der Waals surface area contributed by atoms with Crippen LogP contribution in [-0.4, -0.2) is 52.5 Å². The lowest BCUT2D eigenvalue weighted by Crippen LogP contribution is -2.19. The third kappa shape index (κ3) is 4.92. The van der Waals surface area contributed by atoms with E-state index < -0.39 is 15.9 Å². The molecule has 0 unspecified atom stereocenters. The number of hydrogen-bond donors (Lipinski definition) is 3. The molecular formula is C20H22ClN3O8S2. The Hall–Kier alpha value is -3.00.